The Balaban J connectivity index is 1.59. The number of nitrogens with zero attached hydrogens (tertiary/aromatic N) is 2. The third kappa shape index (κ3) is 5.07. The summed E-state index contributed by atoms with van der Waals surface area (Å²) in [5.41, 5.74) is 3.80. The number of benzene rings is 1. The first-order valence-corrected chi connectivity index (χ1v) is 11.9. The van der Waals surface area contributed by atoms with Crippen molar-refractivity contribution in [2.75, 3.05) is 6.26 Å². The zero-order valence-corrected chi connectivity index (χ0v) is 18.3. The lowest BCUT2D eigenvalue weighted by Crippen LogP contribution is -2.51. The second kappa shape index (κ2) is 9.09. The van der Waals surface area contributed by atoms with E-state index >= 15 is 0 Å². The molecule has 1 aliphatic heterocycles. The number of hydrogen-bond acceptors (Lipinski definition) is 7. The van der Waals surface area contributed by atoms with E-state index in [9.17, 15) is 13.2 Å². The summed E-state index contributed by atoms with van der Waals surface area (Å²) in [5.74, 6) is 6.24. The maximum absolute atomic E-state index is 12.1. The molecule has 1 fully saturated rings. The van der Waals surface area contributed by atoms with Gasteiger partial charge in [-0.2, -0.15) is 5.26 Å². The molecule has 164 valence electrons. The second-order valence-electron chi connectivity index (χ2n) is 8.36. The van der Waals surface area contributed by atoms with Crippen LogP contribution >= 0.6 is 0 Å². The van der Waals surface area contributed by atoms with Crippen molar-refractivity contribution in [2.45, 2.75) is 49.9 Å². The molecule has 0 aromatic heterocycles. The fraction of sp³-hybridized carbons (Fsp3) is 0.500. The van der Waals surface area contributed by atoms with Crippen LogP contribution in [0.25, 0.3) is 0 Å². The SMILES string of the molecule is C[C@@](C[C@H]1CC(c2ccc(C#CC3CC(CC#N)C3)cc2)=NO1)(C(=O)NO)S(C)(=O)=O. The molecule has 1 heterocycles. The lowest BCUT2D eigenvalue weighted by atomic mass is 9.74. The number of hydroxylamine groups is 1. The van der Waals surface area contributed by atoms with Gasteiger partial charge in [0, 0.05) is 37.0 Å². The Bertz CT molecular complexity index is 1070. The van der Waals surface area contributed by atoms with Crippen LogP contribution in [0.3, 0.4) is 0 Å². The minimum atomic E-state index is -3.80. The van der Waals surface area contributed by atoms with Crippen LogP contribution in [0.5, 0.6) is 0 Å². The van der Waals surface area contributed by atoms with E-state index in [1.807, 2.05) is 24.3 Å². The molecule has 0 unspecified atom stereocenters. The van der Waals surface area contributed by atoms with Crippen LogP contribution in [0.1, 0.15) is 50.2 Å². The molecule has 1 aromatic rings. The van der Waals surface area contributed by atoms with E-state index in [0.717, 1.165) is 30.2 Å². The van der Waals surface area contributed by atoms with Crippen molar-refractivity contribution < 1.29 is 23.3 Å². The molecule has 0 bridgehead atoms. The first-order chi connectivity index (χ1) is 14.7. The summed E-state index contributed by atoms with van der Waals surface area (Å²) < 4.78 is 22.4. The molecule has 2 N–H and O–H groups in total. The van der Waals surface area contributed by atoms with Crippen LogP contribution in [0.2, 0.25) is 0 Å². The van der Waals surface area contributed by atoms with Crippen molar-refractivity contribution in [1.29, 1.82) is 5.26 Å². The molecule has 0 saturated heterocycles. The maximum atomic E-state index is 12.1. The third-order valence-corrected chi connectivity index (χ3v) is 7.99. The van der Waals surface area contributed by atoms with Gasteiger partial charge < -0.3 is 4.84 Å². The zero-order valence-electron chi connectivity index (χ0n) is 17.5. The smallest absolute Gasteiger partial charge is 0.264 e. The average molecular weight is 444 g/mol. The van der Waals surface area contributed by atoms with Gasteiger partial charge in [0.05, 0.1) is 11.8 Å². The Morgan fingerprint density at radius 1 is 1.35 bits per heavy atom. The number of carbonyl (C=O) groups is 1. The van der Waals surface area contributed by atoms with Crippen molar-refractivity contribution in [1.82, 2.24) is 5.48 Å². The highest BCUT2D eigenvalue weighted by atomic mass is 32.2. The van der Waals surface area contributed by atoms with Gasteiger partial charge in [-0.25, -0.2) is 13.9 Å². The van der Waals surface area contributed by atoms with Gasteiger partial charge in [-0.05, 0) is 43.4 Å². The summed E-state index contributed by atoms with van der Waals surface area (Å²) in [6, 6.07) is 9.74. The molecule has 1 saturated carbocycles. The van der Waals surface area contributed by atoms with Gasteiger partial charge in [0.1, 0.15) is 6.10 Å². The van der Waals surface area contributed by atoms with E-state index in [0.29, 0.717) is 30.4 Å². The number of hydrogen-bond donors (Lipinski definition) is 2. The second-order valence-corrected chi connectivity index (χ2v) is 10.8. The van der Waals surface area contributed by atoms with Gasteiger partial charge in [-0.1, -0.05) is 29.1 Å². The van der Waals surface area contributed by atoms with Gasteiger partial charge in [0.15, 0.2) is 14.6 Å². The quantitative estimate of drug-likeness (QED) is 0.394. The minimum absolute atomic E-state index is 0.136. The Labute approximate surface area is 182 Å². The molecule has 31 heavy (non-hydrogen) atoms. The number of rotatable bonds is 6. The summed E-state index contributed by atoms with van der Waals surface area (Å²) >= 11 is 0. The molecule has 1 amide bonds. The Hall–Kier alpha value is -2.88. The molecule has 3 rings (SSSR count). The molecule has 1 aromatic carbocycles. The number of carbonyl (C=O) groups excluding carboxylic acids is 1. The maximum Gasteiger partial charge on any atom is 0.264 e. The summed E-state index contributed by atoms with van der Waals surface area (Å²) in [4.78, 5) is 17.4. The molecular formula is C22H25N3O5S. The lowest BCUT2D eigenvalue weighted by molar-refractivity contribution is -0.132. The van der Waals surface area contributed by atoms with Crippen molar-refractivity contribution in [3.8, 4) is 17.9 Å². The van der Waals surface area contributed by atoms with E-state index in [4.69, 9.17) is 15.3 Å². The largest absolute Gasteiger partial charge is 0.392 e. The number of nitriles is 1. The van der Waals surface area contributed by atoms with Crippen LogP contribution in [0.4, 0.5) is 0 Å². The topological polar surface area (TPSA) is 129 Å². The van der Waals surface area contributed by atoms with E-state index in [1.54, 1.807) is 0 Å². The highest BCUT2D eigenvalue weighted by Gasteiger charge is 2.47. The monoisotopic (exact) mass is 443 g/mol. The third-order valence-electron chi connectivity index (χ3n) is 6.00. The first kappa shape index (κ1) is 22.8. The Morgan fingerprint density at radius 3 is 2.61 bits per heavy atom. The number of oxime groups is 1. The summed E-state index contributed by atoms with van der Waals surface area (Å²) in [6.45, 7) is 1.26. The van der Waals surface area contributed by atoms with E-state index in [2.05, 4.69) is 23.1 Å². The van der Waals surface area contributed by atoms with E-state index < -0.39 is 26.6 Å². The standard InChI is InChI=1S/C22H25N3O5S/c1-22(21(26)24-27,31(2,28)29)14-19-13-20(25-30-19)18-7-5-15(6-8-18)3-4-16-11-17(12-16)9-10-23/h5-8,16-17,19,27H,9,11-14H2,1-2H3,(H,24,26)/t16?,17?,19-,22-/m1/s1. The fourth-order valence-electron chi connectivity index (χ4n) is 3.75. The average Bonchev–Trinajstić information content (AvgIpc) is 3.16. The van der Waals surface area contributed by atoms with Gasteiger partial charge >= 0.3 is 0 Å². The van der Waals surface area contributed by atoms with Crippen LogP contribution in [-0.2, 0) is 19.5 Å². The molecule has 2 atom stereocenters. The van der Waals surface area contributed by atoms with E-state index in [1.165, 1.54) is 12.4 Å². The predicted molar refractivity (Wildman–Crippen MR) is 114 cm³/mol. The molecule has 2 aliphatic rings. The van der Waals surface area contributed by atoms with Crippen molar-refractivity contribution in [2.24, 2.45) is 17.0 Å². The molecule has 0 radical (unpaired) electrons. The van der Waals surface area contributed by atoms with Gasteiger partial charge in [-0.15, -0.1) is 0 Å². The summed E-state index contributed by atoms with van der Waals surface area (Å²) in [7, 11) is -3.80. The highest BCUT2D eigenvalue weighted by molar-refractivity contribution is 7.92. The zero-order chi connectivity index (χ0) is 22.6. The number of sulfone groups is 1. The fourth-order valence-corrected chi connectivity index (χ4v) is 4.63. The predicted octanol–water partition coefficient (Wildman–Crippen LogP) is 2.17. The molecule has 0 spiro atoms. The first-order valence-electron chi connectivity index (χ1n) is 10.0. The normalized spacial score (nSPS) is 24.3. The highest BCUT2D eigenvalue weighted by Crippen LogP contribution is 2.35. The number of amides is 1. The lowest BCUT2D eigenvalue weighted by Gasteiger charge is -2.29. The molecular weight excluding hydrogens is 418 g/mol. The van der Waals surface area contributed by atoms with Gasteiger partial charge in [0.25, 0.3) is 5.91 Å². The van der Waals surface area contributed by atoms with Crippen molar-refractivity contribution in [3.63, 3.8) is 0 Å². The molecule has 9 heteroatoms. The minimum Gasteiger partial charge on any atom is -0.392 e. The Morgan fingerprint density at radius 2 is 2.03 bits per heavy atom. The van der Waals surface area contributed by atoms with Gasteiger partial charge in [-0.3, -0.25) is 10.0 Å². The summed E-state index contributed by atoms with van der Waals surface area (Å²) in [6.07, 6.45) is 3.12. The Kier molecular flexibility index (Phi) is 6.68. The van der Waals surface area contributed by atoms with Gasteiger partial charge in [0.2, 0.25) is 0 Å². The van der Waals surface area contributed by atoms with Crippen LogP contribution in [-0.4, -0.2) is 42.4 Å². The van der Waals surface area contributed by atoms with Crippen LogP contribution in [0.15, 0.2) is 29.4 Å². The van der Waals surface area contributed by atoms with Crippen molar-refractivity contribution in [3.05, 3.63) is 35.4 Å². The van der Waals surface area contributed by atoms with E-state index in [-0.39, 0.29) is 6.42 Å². The number of nitrogens with one attached hydrogen (secondary N) is 1. The molecule has 8 nitrogen and oxygen atoms in total. The molecule has 1 aliphatic carbocycles. The van der Waals surface area contributed by atoms with Crippen molar-refractivity contribution >= 4 is 21.5 Å². The van der Waals surface area contributed by atoms with Crippen LogP contribution in [0, 0.1) is 35.0 Å². The summed E-state index contributed by atoms with van der Waals surface area (Å²) in [5, 5.41) is 21.7. The van der Waals surface area contributed by atoms with Crippen LogP contribution < -0.4 is 5.48 Å².